The zero-order valence-corrected chi connectivity index (χ0v) is 11.8. The van der Waals surface area contributed by atoms with E-state index in [2.05, 4.69) is 35.1 Å². The molecule has 3 rings (SSSR count). The van der Waals surface area contributed by atoms with E-state index in [0.717, 1.165) is 19.6 Å². The van der Waals surface area contributed by atoms with Crippen LogP contribution in [0.5, 0.6) is 0 Å². The van der Waals surface area contributed by atoms with E-state index in [-0.39, 0.29) is 0 Å². The van der Waals surface area contributed by atoms with E-state index in [0.29, 0.717) is 18.2 Å². The Morgan fingerprint density at radius 1 is 1.37 bits per heavy atom. The lowest BCUT2D eigenvalue weighted by Gasteiger charge is -2.34. The zero-order valence-electron chi connectivity index (χ0n) is 11.8. The van der Waals surface area contributed by atoms with Crippen LogP contribution in [-0.4, -0.2) is 36.3 Å². The summed E-state index contributed by atoms with van der Waals surface area (Å²) in [6.07, 6.45) is 7.15. The van der Waals surface area contributed by atoms with Crippen LogP contribution < -0.4 is 10.2 Å². The van der Waals surface area contributed by atoms with Crippen LogP contribution in [0.1, 0.15) is 32.3 Å². The van der Waals surface area contributed by atoms with Crippen LogP contribution in [0.2, 0.25) is 0 Å². The van der Waals surface area contributed by atoms with E-state index in [1.54, 1.807) is 0 Å². The number of pyridine rings is 1. The predicted molar refractivity (Wildman–Crippen MR) is 76.3 cm³/mol. The van der Waals surface area contributed by atoms with Gasteiger partial charge >= 0.3 is 0 Å². The fourth-order valence-corrected chi connectivity index (χ4v) is 2.97. The van der Waals surface area contributed by atoms with E-state index < -0.39 is 0 Å². The summed E-state index contributed by atoms with van der Waals surface area (Å²) in [7, 11) is 0. The average Bonchev–Trinajstić information content (AvgIpc) is 2.75. The van der Waals surface area contributed by atoms with Crippen LogP contribution in [0, 0.1) is 0 Å². The van der Waals surface area contributed by atoms with E-state index in [1.807, 2.05) is 12.4 Å². The van der Waals surface area contributed by atoms with Crippen molar-refractivity contribution in [2.45, 2.75) is 51.5 Å². The maximum absolute atomic E-state index is 5.91. The highest BCUT2D eigenvalue weighted by Crippen LogP contribution is 2.30. The second-order valence-electron chi connectivity index (χ2n) is 5.90. The second kappa shape index (κ2) is 5.47. The average molecular weight is 261 g/mol. The van der Waals surface area contributed by atoms with E-state index in [9.17, 15) is 0 Å². The van der Waals surface area contributed by atoms with Crippen molar-refractivity contribution in [3.8, 4) is 0 Å². The van der Waals surface area contributed by atoms with Crippen molar-refractivity contribution in [1.82, 2.24) is 10.3 Å². The van der Waals surface area contributed by atoms with Gasteiger partial charge in [-0.25, -0.2) is 0 Å². The summed E-state index contributed by atoms with van der Waals surface area (Å²) in [6.45, 7) is 7.28. The summed E-state index contributed by atoms with van der Waals surface area (Å²) in [5.74, 6) is 0. The van der Waals surface area contributed by atoms with Crippen molar-refractivity contribution >= 4 is 5.69 Å². The molecular formula is C15H23N3O. The first-order valence-corrected chi connectivity index (χ1v) is 7.29. The molecule has 1 N–H and O–H groups in total. The third-order valence-electron chi connectivity index (χ3n) is 3.97. The Kier molecular flexibility index (Phi) is 3.71. The molecule has 2 atom stereocenters. The molecule has 2 bridgehead atoms. The van der Waals surface area contributed by atoms with Gasteiger partial charge in [0.2, 0.25) is 0 Å². The molecule has 0 amide bonds. The van der Waals surface area contributed by atoms with E-state index in [1.165, 1.54) is 24.1 Å². The molecule has 2 aliphatic rings. The molecule has 0 saturated carbocycles. The van der Waals surface area contributed by atoms with Crippen molar-refractivity contribution in [1.29, 1.82) is 0 Å². The molecule has 0 spiro atoms. The Hall–Kier alpha value is -1.13. The summed E-state index contributed by atoms with van der Waals surface area (Å²) in [5, 5.41) is 3.49. The van der Waals surface area contributed by atoms with Crippen LogP contribution in [0.3, 0.4) is 0 Å². The van der Waals surface area contributed by atoms with E-state index in [4.69, 9.17) is 4.74 Å². The molecule has 2 fully saturated rings. The number of hydrogen-bond donors (Lipinski definition) is 1. The molecule has 0 radical (unpaired) electrons. The Labute approximate surface area is 115 Å². The van der Waals surface area contributed by atoms with Gasteiger partial charge in [-0.2, -0.15) is 0 Å². The van der Waals surface area contributed by atoms with Gasteiger partial charge in [0.1, 0.15) is 0 Å². The second-order valence-corrected chi connectivity index (χ2v) is 5.90. The van der Waals surface area contributed by atoms with Crippen LogP contribution in [0.4, 0.5) is 5.69 Å². The minimum atomic E-state index is 0.421. The Morgan fingerprint density at radius 2 is 2.11 bits per heavy atom. The van der Waals surface area contributed by atoms with Crippen molar-refractivity contribution in [2.24, 2.45) is 0 Å². The first kappa shape index (κ1) is 12.9. The molecule has 4 nitrogen and oxygen atoms in total. The SMILES string of the molecule is CC(C)NCc1ccncc1N1CC2CCC(C1)O2. The monoisotopic (exact) mass is 261 g/mol. The summed E-state index contributed by atoms with van der Waals surface area (Å²) < 4.78 is 5.91. The number of ether oxygens (including phenoxy) is 1. The number of anilines is 1. The molecule has 0 aromatic carbocycles. The fraction of sp³-hybridized carbons (Fsp3) is 0.667. The number of rotatable bonds is 4. The number of fused-ring (bicyclic) bond motifs is 2. The molecule has 104 valence electrons. The predicted octanol–water partition coefficient (Wildman–Crippen LogP) is 1.95. The Bertz CT molecular complexity index is 423. The minimum absolute atomic E-state index is 0.421. The lowest BCUT2D eigenvalue weighted by Crippen LogP contribution is -2.43. The summed E-state index contributed by atoms with van der Waals surface area (Å²) in [6, 6.07) is 2.63. The molecule has 2 unspecified atom stereocenters. The van der Waals surface area contributed by atoms with Gasteiger partial charge in [-0.1, -0.05) is 13.8 Å². The van der Waals surface area contributed by atoms with Gasteiger partial charge in [-0.15, -0.1) is 0 Å². The Morgan fingerprint density at radius 3 is 2.79 bits per heavy atom. The lowest BCUT2D eigenvalue weighted by atomic mass is 10.1. The standard InChI is InChI=1S/C15H23N3O/c1-11(2)17-7-12-5-6-16-8-15(12)18-9-13-3-4-14(10-18)19-13/h5-6,8,11,13-14,17H,3-4,7,9-10H2,1-2H3. The number of nitrogens with one attached hydrogen (secondary N) is 1. The minimum Gasteiger partial charge on any atom is -0.371 e. The number of nitrogens with zero attached hydrogens (tertiary/aromatic N) is 2. The van der Waals surface area contributed by atoms with Crippen LogP contribution >= 0.6 is 0 Å². The summed E-state index contributed by atoms with van der Waals surface area (Å²) >= 11 is 0. The molecular weight excluding hydrogens is 238 g/mol. The zero-order chi connectivity index (χ0) is 13.2. The molecule has 1 aromatic heterocycles. The third kappa shape index (κ3) is 2.90. The Balaban J connectivity index is 1.76. The van der Waals surface area contributed by atoms with Crippen LogP contribution in [-0.2, 0) is 11.3 Å². The number of morpholine rings is 1. The molecule has 19 heavy (non-hydrogen) atoms. The van der Waals surface area contributed by atoms with Gasteiger partial charge in [0.25, 0.3) is 0 Å². The first-order chi connectivity index (χ1) is 9.22. The molecule has 1 aromatic rings. The molecule has 3 heterocycles. The van der Waals surface area contributed by atoms with Gasteiger partial charge < -0.3 is 15.0 Å². The highest BCUT2D eigenvalue weighted by molar-refractivity contribution is 5.52. The highest BCUT2D eigenvalue weighted by atomic mass is 16.5. The third-order valence-corrected chi connectivity index (χ3v) is 3.97. The topological polar surface area (TPSA) is 37.4 Å². The molecule has 4 heteroatoms. The molecule has 0 aliphatic carbocycles. The maximum Gasteiger partial charge on any atom is 0.0755 e. The fourth-order valence-electron chi connectivity index (χ4n) is 2.97. The van der Waals surface area contributed by atoms with Gasteiger partial charge in [0, 0.05) is 31.9 Å². The normalized spacial score (nSPS) is 26.2. The number of aromatic nitrogens is 1. The molecule has 2 aliphatic heterocycles. The smallest absolute Gasteiger partial charge is 0.0755 e. The maximum atomic E-state index is 5.91. The van der Waals surface area contributed by atoms with Gasteiger partial charge in [0.15, 0.2) is 0 Å². The molecule has 2 saturated heterocycles. The van der Waals surface area contributed by atoms with Gasteiger partial charge in [-0.3, -0.25) is 4.98 Å². The summed E-state index contributed by atoms with van der Waals surface area (Å²) in [4.78, 5) is 6.76. The van der Waals surface area contributed by atoms with Crippen molar-refractivity contribution in [2.75, 3.05) is 18.0 Å². The lowest BCUT2D eigenvalue weighted by molar-refractivity contribution is 0.0304. The quantitative estimate of drug-likeness (QED) is 0.899. The first-order valence-electron chi connectivity index (χ1n) is 7.29. The van der Waals surface area contributed by atoms with Crippen molar-refractivity contribution < 1.29 is 4.74 Å². The highest BCUT2D eigenvalue weighted by Gasteiger charge is 2.34. The largest absolute Gasteiger partial charge is 0.371 e. The van der Waals surface area contributed by atoms with Crippen LogP contribution in [0.15, 0.2) is 18.5 Å². The number of hydrogen-bond acceptors (Lipinski definition) is 4. The van der Waals surface area contributed by atoms with E-state index >= 15 is 0 Å². The summed E-state index contributed by atoms with van der Waals surface area (Å²) in [5.41, 5.74) is 2.61. The van der Waals surface area contributed by atoms with Gasteiger partial charge in [-0.05, 0) is 24.5 Å². The van der Waals surface area contributed by atoms with Crippen molar-refractivity contribution in [3.63, 3.8) is 0 Å². The van der Waals surface area contributed by atoms with Crippen LogP contribution in [0.25, 0.3) is 0 Å². The van der Waals surface area contributed by atoms with Gasteiger partial charge in [0.05, 0.1) is 24.1 Å². The van der Waals surface area contributed by atoms with Crippen molar-refractivity contribution in [3.05, 3.63) is 24.0 Å².